The van der Waals surface area contributed by atoms with Gasteiger partial charge in [0.05, 0.1) is 11.3 Å². The number of carboxylic acids is 1. The molecular formula is C17H24FNO2. The highest BCUT2D eigenvalue weighted by atomic mass is 19.1. The van der Waals surface area contributed by atoms with Crippen molar-refractivity contribution in [2.45, 2.75) is 40.0 Å². The fourth-order valence-corrected chi connectivity index (χ4v) is 3.16. The first kappa shape index (κ1) is 15.8. The highest BCUT2D eigenvalue weighted by Crippen LogP contribution is 2.35. The van der Waals surface area contributed by atoms with E-state index in [2.05, 4.69) is 25.7 Å². The maximum absolute atomic E-state index is 13.3. The van der Waals surface area contributed by atoms with Crippen LogP contribution in [0.5, 0.6) is 0 Å². The molecule has 3 nitrogen and oxygen atoms in total. The number of rotatable bonds is 2. The number of benzene rings is 1. The Morgan fingerprint density at radius 2 is 2.00 bits per heavy atom. The van der Waals surface area contributed by atoms with Gasteiger partial charge >= 0.3 is 5.97 Å². The summed E-state index contributed by atoms with van der Waals surface area (Å²) in [6.07, 6.45) is 3.24. The molecule has 1 unspecified atom stereocenters. The molecule has 1 aliphatic rings. The van der Waals surface area contributed by atoms with E-state index < -0.39 is 11.8 Å². The van der Waals surface area contributed by atoms with Crippen molar-refractivity contribution in [2.75, 3.05) is 18.0 Å². The van der Waals surface area contributed by atoms with Gasteiger partial charge in [-0.3, -0.25) is 0 Å². The molecule has 0 saturated carbocycles. The maximum atomic E-state index is 13.3. The number of nitrogens with zero attached hydrogens (tertiary/aromatic N) is 1. The smallest absolute Gasteiger partial charge is 0.337 e. The second kappa shape index (κ2) is 6.04. The summed E-state index contributed by atoms with van der Waals surface area (Å²) in [5.41, 5.74) is 0.969. The molecular weight excluding hydrogens is 269 g/mol. The monoisotopic (exact) mass is 293 g/mol. The van der Waals surface area contributed by atoms with E-state index in [1.807, 2.05) is 0 Å². The molecule has 0 aromatic heterocycles. The second-order valence-corrected chi connectivity index (χ2v) is 6.95. The largest absolute Gasteiger partial charge is 0.478 e. The van der Waals surface area contributed by atoms with Crippen molar-refractivity contribution >= 4 is 11.7 Å². The van der Waals surface area contributed by atoms with Crippen molar-refractivity contribution in [1.82, 2.24) is 0 Å². The lowest BCUT2D eigenvalue weighted by molar-refractivity contribution is 0.0697. The van der Waals surface area contributed by atoms with Gasteiger partial charge in [-0.05, 0) is 48.8 Å². The van der Waals surface area contributed by atoms with Gasteiger partial charge in [-0.1, -0.05) is 20.8 Å². The second-order valence-electron chi connectivity index (χ2n) is 6.95. The zero-order valence-corrected chi connectivity index (χ0v) is 13.0. The summed E-state index contributed by atoms with van der Waals surface area (Å²) in [6.45, 7) is 8.43. The fraction of sp³-hybridized carbons (Fsp3) is 0.588. The molecule has 0 amide bonds. The highest BCUT2D eigenvalue weighted by Gasteiger charge is 2.28. The van der Waals surface area contributed by atoms with Crippen LogP contribution in [-0.2, 0) is 0 Å². The third-order valence-corrected chi connectivity index (χ3v) is 4.48. The number of hydrogen-bond donors (Lipinski definition) is 1. The van der Waals surface area contributed by atoms with Crippen LogP contribution in [0.2, 0.25) is 0 Å². The van der Waals surface area contributed by atoms with Gasteiger partial charge in [0, 0.05) is 13.1 Å². The Morgan fingerprint density at radius 3 is 2.62 bits per heavy atom. The molecule has 0 radical (unpaired) electrons. The van der Waals surface area contributed by atoms with Gasteiger partial charge < -0.3 is 10.0 Å². The summed E-state index contributed by atoms with van der Waals surface area (Å²) in [7, 11) is 0. The van der Waals surface area contributed by atoms with Crippen LogP contribution in [0, 0.1) is 17.2 Å². The number of carboxylic acid groups (broad SMARTS) is 1. The SMILES string of the molecule is CC(C)(C)C1CCCN(c2ccc(F)cc2C(=O)O)CC1. The van der Waals surface area contributed by atoms with E-state index in [-0.39, 0.29) is 11.0 Å². The van der Waals surface area contributed by atoms with Gasteiger partial charge in [0.2, 0.25) is 0 Å². The van der Waals surface area contributed by atoms with E-state index in [1.54, 1.807) is 6.07 Å². The number of carbonyl (C=O) groups is 1. The number of anilines is 1. The third kappa shape index (κ3) is 3.74. The Morgan fingerprint density at radius 1 is 1.29 bits per heavy atom. The van der Waals surface area contributed by atoms with Gasteiger partial charge in [-0.25, -0.2) is 9.18 Å². The van der Waals surface area contributed by atoms with Gasteiger partial charge in [0.1, 0.15) is 5.82 Å². The first-order chi connectivity index (χ1) is 9.79. The third-order valence-electron chi connectivity index (χ3n) is 4.48. The zero-order chi connectivity index (χ0) is 15.6. The van der Waals surface area contributed by atoms with E-state index in [1.165, 1.54) is 6.07 Å². The van der Waals surface area contributed by atoms with Crippen molar-refractivity contribution in [2.24, 2.45) is 11.3 Å². The molecule has 1 saturated heterocycles. The predicted octanol–water partition coefficient (Wildman–Crippen LogP) is 4.18. The molecule has 1 aromatic carbocycles. The van der Waals surface area contributed by atoms with Crippen molar-refractivity contribution < 1.29 is 14.3 Å². The van der Waals surface area contributed by atoms with Crippen LogP contribution in [0.15, 0.2) is 18.2 Å². The van der Waals surface area contributed by atoms with E-state index in [0.29, 0.717) is 11.6 Å². The molecule has 0 bridgehead atoms. The van der Waals surface area contributed by atoms with Crippen LogP contribution in [0.3, 0.4) is 0 Å². The van der Waals surface area contributed by atoms with Crippen molar-refractivity contribution in [3.63, 3.8) is 0 Å². The molecule has 1 heterocycles. The number of aromatic carboxylic acids is 1. The van der Waals surface area contributed by atoms with Crippen LogP contribution in [0.1, 0.15) is 50.4 Å². The van der Waals surface area contributed by atoms with Crippen molar-refractivity contribution in [3.05, 3.63) is 29.6 Å². The zero-order valence-electron chi connectivity index (χ0n) is 13.0. The molecule has 4 heteroatoms. The molecule has 21 heavy (non-hydrogen) atoms. The summed E-state index contributed by atoms with van der Waals surface area (Å²) < 4.78 is 13.3. The normalized spacial score (nSPS) is 20.2. The summed E-state index contributed by atoms with van der Waals surface area (Å²) in [5, 5.41) is 9.28. The van der Waals surface area contributed by atoms with E-state index in [0.717, 1.165) is 38.4 Å². The lowest BCUT2D eigenvalue weighted by Gasteiger charge is -2.30. The van der Waals surface area contributed by atoms with Gasteiger partial charge in [-0.15, -0.1) is 0 Å². The summed E-state index contributed by atoms with van der Waals surface area (Å²) in [6, 6.07) is 4.05. The highest BCUT2D eigenvalue weighted by molar-refractivity contribution is 5.94. The Hall–Kier alpha value is -1.58. The standard InChI is InChI=1S/C17H24FNO2/c1-17(2,3)12-5-4-9-19(10-8-12)15-7-6-13(18)11-14(15)16(20)21/h6-7,11-12H,4-5,8-10H2,1-3H3,(H,20,21). The minimum absolute atomic E-state index is 0.0595. The number of hydrogen-bond acceptors (Lipinski definition) is 2. The Labute approximate surface area is 125 Å². The topological polar surface area (TPSA) is 40.5 Å². The van der Waals surface area contributed by atoms with Gasteiger partial charge in [0.25, 0.3) is 0 Å². The quantitative estimate of drug-likeness (QED) is 0.889. The lowest BCUT2D eigenvalue weighted by atomic mass is 9.77. The average Bonchev–Trinajstić information content (AvgIpc) is 2.63. The molecule has 1 aliphatic heterocycles. The van der Waals surface area contributed by atoms with E-state index >= 15 is 0 Å². The summed E-state index contributed by atoms with van der Waals surface area (Å²) >= 11 is 0. The molecule has 0 aliphatic carbocycles. The molecule has 0 spiro atoms. The van der Waals surface area contributed by atoms with Gasteiger partial charge in [0.15, 0.2) is 0 Å². The van der Waals surface area contributed by atoms with Crippen LogP contribution < -0.4 is 4.90 Å². The average molecular weight is 293 g/mol. The maximum Gasteiger partial charge on any atom is 0.337 e. The fourth-order valence-electron chi connectivity index (χ4n) is 3.16. The van der Waals surface area contributed by atoms with Crippen molar-refractivity contribution in [1.29, 1.82) is 0 Å². The van der Waals surface area contributed by atoms with E-state index in [4.69, 9.17) is 0 Å². The number of halogens is 1. The van der Waals surface area contributed by atoms with Crippen LogP contribution in [0.25, 0.3) is 0 Å². The Bertz CT molecular complexity index is 522. The molecule has 1 N–H and O–H groups in total. The van der Waals surface area contributed by atoms with Crippen molar-refractivity contribution in [3.8, 4) is 0 Å². The lowest BCUT2D eigenvalue weighted by Crippen LogP contribution is -2.27. The first-order valence-corrected chi connectivity index (χ1v) is 7.57. The molecule has 2 rings (SSSR count). The van der Waals surface area contributed by atoms with Gasteiger partial charge in [-0.2, -0.15) is 0 Å². The minimum atomic E-state index is -1.07. The summed E-state index contributed by atoms with van der Waals surface area (Å²) in [5.74, 6) is -0.934. The Kier molecular flexibility index (Phi) is 4.55. The molecule has 1 aromatic rings. The minimum Gasteiger partial charge on any atom is -0.478 e. The predicted molar refractivity (Wildman–Crippen MR) is 82.4 cm³/mol. The summed E-state index contributed by atoms with van der Waals surface area (Å²) in [4.78, 5) is 13.4. The van der Waals surface area contributed by atoms with Crippen LogP contribution >= 0.6 is 0 Å². The van der Waals surface area contributed by atoms with E-state index in [9.17, 15) is 14.3 Å². The molecule has 1 atom stereocenters. The molecule has 116 valence electrons. The van der Waals surface area contributed by atoms with Crippen LogP contribution in [-0.4, -0.2) is 24.2 Å². The van der Waals surface area contributed by atoms with Crippen LogP contribution in [0.4, 0.5) is 10.1 Å². The molecule has 1 fully saturated rings. The first-order valence-electron chi connectivity index (χ1n) is 7.57. The Balaban J connectivity index is 2.22.